The van der Waals surface area contributed by atoms with Crippen molar-refractivity contribution in [2.75, 3.05) is 18.4 Å². The molecule has 6 heteroatoms. The lowest BCUT2D eigenvalue weighted by Crippen LogP contribution is -2.04. The van der Waals surface area contributed by atoms with Crippen LogP contribution in [0, 0.1) is 10.1 Å². The van der Waals surface area contributed by atoms with E-state index in [9.17, 15) is 10.1 Å². The molecule has 0 aliphatic heterocycles. The van der Waals surface area contributed by atoms with Gasteiger partial charge in [-0.3, -0.25) is 15.1 Å². The smallest absolute Gasteiger partial charge is 0.269 e. The van der Waals surface area contributed by atoms with Crippen molar-refractivity contribution >= 4 is 33.5 Å². The Labute approximate surface area is 131 Å². The summed E-state index contributed by atoms with van der Waals surface area (Å²) in [5, 5.41) is 13.7. The van der Waals surface area contributed by atoms with Crippen molar-refractivity contribution in [2.45, 2.75) is 0 Å². The number of aliphatic imine (C=N–C) groups is 1. The fourth-order valence-corrected chi connectivity index (χ4v) is 1.95. The first-order valence-electron chi connectivity index (χ1n) is 6.39. The van der Waals surface area contributed by atoms with Crippen LogP contribution in [0.25, 0.3) is 0 Å². The molecule has 21 heavy (non-hydrogen) atoms. The highest BCUT2D eigenvalue weighted by Gasteiger charge is 2.02. The molecule has 0 saturated heterocycles. The number of hydrogen-bond donors (Lipinski definition) is 1. The topological polar surface area (TPSA) is 67.5 Å². The Kier molecular flexibility index (Phi) is 5.45. The molecule has 0 aromatic heterocycles. The predicted molar refractivity (Wildman–Crippen MR) is 88.2 cm³/mol. The van der Waals surface area contributed by atoms with Gasteiger partial charge < -0.3 is 5.32 Å². The van der Waals surface area contributed by atoms with Gasteiger partial charge in [0.15, 0.2) is 0 Å². The number of rotatable bonds is 6. The van der Waals surface area contributed by atoms with E-state index in [1.165, 1.54) is 12.1 Å². The maximum absolute atomic E-state index is 10.5. The van der Waals surface area contributed by atoms with Gasteiger partial charge in [-0.05, 0) is 29.8 Å². The third-order valence-corrected chi connectivity index (χ3v) is 3.29. The number of nitro benzene ring substituents is 1. The lowest BCUT2D eigenvalue weighted by molar-refractivity contribution is -0.384. The Morgan fingerprint density at radius 2 is 1.81 bits per heavy atom. The summed E-state index contributed by atoms with van der Waals surface area (Å²) in [6.07, 6.45) is 1.82. The highest BCUT2D eigenvalue weighted by molar-refractivity contribution is 9.10. The van der Waals surface area contributed by atoms with E-state index in [1.807, 2.05) is 30.5 Å². The first-order valence-corrected chi connectivity index (χ1v) is 7.18. The van der Waals surface area contributed by atoms with E-state index in [4.69, 9.17) is 0 Å². The zero-order chi connectivity index (χ0) is 15.1. The van der Waals surface area contributed by atoms with Gasteiger partial charge in [-0.1, -0.05) is 28.1 Å². The Bertz CT molecular complexity index is 624. The van der Waals surface area contributed by atoms with Gasteiger partial charge >= 0.3 is 0 Å². The molecular weight excluding hydrogens is 334 g/mol. The zero-order valence-electron chi connectivity index (χ0n) is 11.2. The molecular formula is C15H14BrN3O2. The monoisotopic (exact) mass is 347 g/mol. The molecule has 2 rings (SSSR count). The van der Waals surface area contributed by atoms with E-state index in [0.29, 0.717) is 13.1 Å². The Morgan fingerprint density at radius 3 is 2.43 bits per heavy atom. The molecule has 0 radical (unpaired) electrons. The number of nitro groups is 1. The van der Waals surface area contributed by atoms with Crippen LogP contribution >= 0.6 is 15.9 Å². The van der Waals surface area contributed by atoms with Crippen LogP contribution in [0.15, 0.2) is 58.0 Å². The molecule has 108 valence electrons. The summed E-state index contributed by atoms with van der Waals surface area (Å²) >= 11 is 3.38. The number of nitrogens with zero attached hydrogens (tertiary/aromatic N) is 2. The zero-order valence-corrected chi connectivity index (χ0v) is 12.8. The first kappa shape index (κ1) is 15.2. The van der Waals surface area contributed by atoms with E-state index in [-0.39, 0.29) is 5.69 Å². The van der Waals surface area contributed by atoms with E-state index in [0.717, 1.165) is 15.7 Å². The van der Waals surface area contributed by atoms with Crippen LogP contribution in [0.1, 0.15) is 5.56 Å². The normalized spacial score (nSPS) is 10.7. The molecule has 0 bridgehead atoms. The van der Waals surface area contributed by atoms with Gasteiger partial charge in [-0.2, -0.15) is 0 Å². The molecule has 0 aliphatic carbocycles. The standard InChI is InChI=1S/C15H14BrN3O2/c16-13-3-1-12(2-4-13)11-17-9-10-18-14-5-7-15(8-6-14)19(20)21/h1-8,11,18H,9-10H2. The number of nitrogens with one attached hydrogen (secondary N) is 1. The Hall–Kier alpha value is -2.21. The van der Waals surface area contributed by atoms with Gasteiger partial charge in [0.05, 0.1) is 11.5 Å². The van der Waals surface area contributed by atoms with E-state index in [2.05, 4.69) is 26.2 Å². The summed E-state index contributed by atoms with van der Waals surface area (Å²) in [6.45, 7) is 1.30. The third kappa shape index (κ3) is 5.00. The lowest BCUT2D eigenvalue weighted by atomic mass is 10.2. The van der Waals surface area contributed by atoms with Crippen LogP contribution in [-0.4, -0.2) is 24.2 Å². The second-order valence-electron chi connectivity index (χ2n) is 4.32. The van der Waals surface area contributed by atoms with Gasteiger partial charge in [-0.15, -0.1) is 0 Å². The molecule has 0 aliphatic rings. The maximum atomic E-state index is 10.5. The minimum Gasteiger partial charge on any atom is -0.383 e. The van der Waals surface area contributed by atoms with Crippen LogP contribution in [0.4, 0.5) is 11.4 Å². The van der Waals surface area contributed by atoms with Crippen LogP contribution in [0.3, 0.4) is 0 Å². The van der Waals surface area contributed by atoms with E-state index >= 15 is 0 Å². The first-order chi connectivity index (χ1) is 10.1. The Balaban J connectivity index is 1.76. The SMILES string of the molecule is O=[N+]([O-])c1ccc(NCCN=Cc2ccc(Br)cc2)cc1. The highest BCUT2D eigenvalue weighted by atomic mass is 79.9. The van der Waals surface area contributed by atoms with Crippen LogP contribution in [0.2, 0.25) is 0 Å². The summed E-state index contributed by atoms with van der Waals surface area (Å²) in [5.41, 5.74) is 1.99. The lowest BCUT2D eigenvalue weighted by Gasteiger charge is -2.03. The van der Waals surface area contributed by atoms with Crippen LogP contribution < -0.4 is 5.32 Å². The molecule has 0 unspecified atom stereocenters. The summed E-state index contributed by atoms with van der Waals surface area (Å²) in [6, 6.07) is 14.2. The molecule has 0 spiro atoms. The van der Waals surface area contributed by atoms with Gasteiger partial charge in [0, 0.05) is 35.1 Å². The summed E-state index contributed by atoms with van der Waals surface area (Å²) < 4.78 is 1.04. The molecule has 0 atom stereocenters. The average Bonchev–Trinajstić information content (AvgIpc) is 2.49. The quantitative estimate of drug-likeness (QED) is 0.373. The van der Waals surface area contributed by atoms with Crippen molar-refractivity contribution in [3.05, 3.63) is 68.7 Å². The average molecular weight is 348 g/mol. The molecule has 0 saturated carbocycles. The number of halogens is 1. The van der Waals surface area contributed by atoms with Crippen LogP contribution in [0.5, 0.6) is 0 Å². The minimum absolute atomic E-state index is 0.0915. The fourth-order valence-electron chi connectivity index (χ4n) is 1.68. The molecule has 0 fully saturated rings. The molecule has 2 aromatic carbocycles. The third-order valence-electron chi connectivity index (χ3n) is 2.76. The fraction of sp³-hybridized carbons (Fsp3) is 0.133. The van der Waals surface area contributed by atoms with Gasteiger partial charge in [0.1, 0.15) is 0 Å². The predicted octanol–water partition coefficient (Wildman–Crippen LogP) is 3.89. The number of hydrogen-bond acceptors (Lipinski definition) is 4. The van der Waals surface area contributed by atoms with Gasteiger partial charge in [-0.25, -0.2) is 0 Å². The van der Waals surface area contributed by atoms with Crippen molar-refractivity contribution in [2.24, 2.45) is 4.99 Å². The van der Waals surface area contributed by atoms with Gasteiger partial charge in [0.2, 0.25) is 0 Å². The Morgan fingerprint density at radius 1 is 1.14 bits per heavy atom. The number of non-ortho nitro benzene ring substituents is 1. The van der Waals surface area contributed by atoms with E-state index in [1.54, 1.807) is 12.1 Å². The van der Waals surface area contributed by atoms with Crippen molar-refractivity contribution in [1.82, 2.24) is 0 Å². The van der Waals surface area contributed by atoms with E-state index < -0.39 is 4.92 Å². The molecule has 0 amide bonds. The molecule has 1 N–H and O–H groups in total. The second kappa shape index (κ2) is 7.54. The maximum Gasteiger partial charge on any atom is 0.269 e. The number of benzene rings is 2. The highest BCUT2D eigenvalue weighted by Crippen LogP contribution is 2.15. The summed E-state index contributed by atoms with van der Waals surface area (Å²) in [5.74, 6) is 0. The van der Waals surface area contributed by atoms with Crippen molar-refractivity contribution < 1.29 is 4.92 Å². The van der Waals surface area contributed by atoms with Crippen molar-refractivity contribution in [1.29, 1.82) is 0 Å². The second-order valence-corrected chi connectivity index (χ2v) is 5.23. The van der Waals surface area contributed by atoms with Crippen molar-refractivity contribution in [3.8, 4) is 0 Å². The van der Waals surface area contributed by atoms with Crippen molar-refractivity contribution in [3.63, 3.8) is 0 Å². The molecule has 5 nitrogen and oxygen atoms in total. The summed E-state index contributed by atoms with van der Waals surface area (Å²) in [7, 11) is 0. The largest absolute Gasteiger partial charge is 0.383 e. The minimum atomic E-state index is -0.410. The molecule has 2 aromatic rings. The number of anilines is 1. The summed E-state index contributed by atoms with van der Waals surface area (Å²) in [4.78, 5) is 14.4. The molecule has 0 heterocycles. The van der Waals surface area contributed by atoms with Gasteiger partial charge in [0.25, 0.3) is 5.69 Å². The van der Waals surface area contributed by atoms with Crippen LogP contribution in [-0.2, 0) is 0 Å².